The van der Waals surface area contributed by atoms with E-state index >= 15 is 0 Å². The lowest BCUT2D eigenvalue weighted by molar-refractivity contribution is -0.126. The normalized spacial score (nSPS) is 26.9. The number of likely N-dealkylation sites (tertiary alicyclic amines) is 1. The van der Waals surface area contributed by atoms with Gasteiger partial charge in [-0.1, -0.05) is 0 Å². The molecule has 0 bridgehead atoms. The largest absolute Gasteiger partial charge is 0.381 e. The second kappa shape index (κ2) is 7.91. The van der Waals surface area contributed by atoms with Crippen LogP contribution in [0.25, 0.3) is 0 Å². The molecule has 0 unspecified atom stereocenters. The van der Waals surface area contributed by atoms with Crippen molar-refractivity contribution < 1.29 is 9.53 Å². The highest BCUT2D eigenvalue weighted by Gasteiger charge is 2.31. The summed E-state index contributed by atoms with van der Waals surface area (Å²) < 4.78 is 5.45. The Morgan fingerprint density at radius 1 is 1.29 bits per heavy atom. The number of nitrogens with one attached hydrogen (secondary N) is 2. The quantitative estimate of drug-likeness (QED) is 0.566. The van der Waals surface area contributed by atoms with Gasteiger partial charge in [0, 0.05) is 38.4 Å². The van der Waals surface area contributed by atoms with Crippen LogP contribution in [-0.4, -0.2) is 64.4 Å². The highest BCUT2D eigenvalue weighted by molar-refractivity contribution is 5.78. The van der Waals surface area contributed by atoms with Gasteiger partial charge in [0.1, 0.15) is 5.82 Å². The number of hydrogen-bond acceptors (Lipinski definition) is 7. The van der Waals surface area contributed by atoms with Gasteiger partial charge in [-0.15, -0.1) is 5.10 Å². The number of anilines is 1. The number of H-pyrrole nitrogens is 1. The van der Waals surface area contributed by atoms with E-state index in [1.807, 2.05) is 0 Å². The fraction of sp³-hybridized carbons (Fsp3) is 0.800. The van der Waals surface area contributed by atoms with Gasteiger partial charge >= 0.3 is 0 Å². The van der Waals surface area contributed by atoms with Crippen LogP contribution in [-0.2, 0) is 16.1 Å². The first kappa shape index (κ1) is 17.1. The smallest absolute Gasteiger partial charge is 0.239 e. The topological polar surface area (TPSA) is 135 Å². The summed E-state index contributed by atoms with van der Waals surface area (Å²) in [6, 6.07) is 0.590. The van der Waals surface area contributed by atoms with E-state index < -0.39 is 0 Å². The van der Waals surface area contributed by atoms with Crippen LogP contribution in [0.15, 0.2) is 0 Å². The third-order valence-electron chi connectivity index (χ3n) is 4.87. The summed E-state index contributed by atoms with van der Waals surface area (Å²) in [4.78, 5) is 19.0. The second-order valence-corrected chi connectivity index (χ2v) is 6.69. The number of aromatic amines is 1. The minimum Gasteiger partial charge on any atom is -0.381 e. The zero-order valence-corrected chi connectivity index (χ0v) is 13.9. The summed E-state index contributed by atoms with van der Waals surface area (Å²) >= 11 is 0. The molecule has 0 spiro atoms. The van der Waals surface area contributed by atoms with E-state index in [1.165, 1.54) is 0 Å². The molecule has 134 valence electrons. The number of rotatable bonds is 4. The number of carbonyl (C=O) groups excluding carboxylic acids is 1. The first-order valence-electron chi connectivity index (χ1n) is 8.63. The summed E-state index contributed by atoms with van der Waals surface area (Å²) in [5.41, 5.74) is 11.7. The summed E-state index contributed by atoms with van der Waals surface area (Å²) in [6.07, 6.45) is 3.70. The second-order valence-electron chi connectivity index (χ2n) is 6.69. The van der Waals surface area contributed by atoms with Crippen LogP contribution in [0.4, 0.5) is 5.95 Å². The van der Waals surface area contributed by atoms with E-state index in [4.69, 9.17) is 16.2 Å². The Hall–Kier alpha value is -1.71. The zero-order chi connectivity index (χ0) is 16.9. The summed E-state index contributed by atoms with van der Waals surface area (Å²) in [6.45, 7) is 3.50. The molecule has 2 fully saturated rings. The van der Waals surface area contributed by atoms with E-state index in [2.05, 4.69) is 25.4 Å². The lowest BCUT2D eigenvalue weighted by atomic mass is 10.0. The van der Waals surface area contributed by atoms with Crippen molar-refractivity contribution in [2.24, 2.45) is 11.7 Å². The van der Waals surface area contributed by atoms with Crippen LogP contribution in [0.2, 0.25) is 0 Å². The van der Waals surface area contributed by atoms with Gasteiger partial charge in [-0.25, -0.2) is 0 Å². The van der Waals surface area contributed by atoms with Gasteiger partial charge in [0.15, 0.2) is 0 Å². The molecular weight excluding hydrogens is 310 g/mol. The molecule has 0 saturated carbocycles. The molecule has 9 nitrogen and oxygen atoms in total. The molecule has 2 aliphatic heterocycles. The molecule has 1 aromatic heterocycles. The molecule has 2 saturated heterocycles. The van der Waals surface area contributed by atoms with Crippen molar-refractivity contribution in [3.63, 3.8) is 0 Å². The Morgan fingerprint density at radius 2 is 2.08 bits per heavy atom. The highest BCUT2D eigenvalue weighted by atomic mass is 16.5. The highest BCUT2D eigenvalue weighted by Crippen LogP contribution is 2.22. The fourth-order valence-corrected chi connectivity index (χ4v) is 3.52. The molecule has 2 atom stereocenters. The van der Waals surface area contributed by atoms with Gasteiger partial charge in [0.25, 0.3) is 0 Å². The Kier molecular flexibility index (Phi) is 5.64. The molecule has 0 aliphatic carbocycles. The molecule has 2 aliphatic rings. The monoisotopic (exact) mass is 337 g/mol. The van der Waals surface area contributed by atoms with Crippen molar-refractivity contribution in [3.8, 4) is 0 Å². The van der Waals surface area contributed by atoms with Gasteiger partial charge in [-0.3, -0.25) is 14.8 Å². The molecule has 0 radical (unpaired) electrons. The maximum atomic E-state index is 12.6. The van der Waals surface area contributed by atoms with Crippen molar-refractivity contribution in [2.45, 2.75) is 44.3 Å². The predicted octanol–water partition coefficient (Wildman–Crippen LogP) is -0.779. The molecule has 0 aromatic carbocycles. The molecule has 3 heterocycles. The zero-order valence-electron chi connectivity index (χ0n) is 13.9. The lowest BCUT2D eigenvalue weighted by Gasteiger charge is -2.35. The van der Waals surface area contributed by atoms with E-state index in [-0.39, 0.29) is 23.8 Å². The van der Waals surface area contributed by atoms with Gasteiger partial charge in [0.2, 0.25) is 11.9 Å². The van der Waals surface area contributed by atoms with E-state index in [9.17, 15) is 4.79 Å². The Balaban J connectivity index is 1.57. The minimum atomic E-state index is -0.0540. The third-order valence-corrected chi connectivity index (χ3v) is 4.87. The third kappa shape index (κ3) is 4.43. The summed E-state index contributed by atoms with van der Waals surface area (Å²) in [5.74, 6) is 0.732. The molecular formula is C15H27N7O2. The maximum absolute atomic E-state index is 12.6. The average molecular weight is 337 g/mol. The Morgan fingerprint density at radius 3 is 2.79 bits per heavy atom. The Bertz CT molecular complexity index is 544. The number of amides is 1. The number of aromatic nitrogens is 3. The van der Waals surface area contributed by atoms with Crippen LogP contribution in [0.1, 0.15) is 31.5 Å². The predicted molar refractivity (Wildman–Crippen MR) is 88.8 cm³/mol. The van der Waals surface area contributed by atoms with Gasteiger partial charge in [-0.2, -0.15) is 4.98 Å². The minimum absolute atomic E-state index is 0.0381. The summed E-state index contributed by atoms with van der Waals surface area (Å²) in [7, 11) is 0. The first-order chi connectivity index (χ1) is 11.6. The SMILES string of the molecule is Nc1n[nH]c(CNC(=O)[C@@H]2CC[C@H](N)CN(C3CCOCC3)C2)n1. The van der Waals surface area contributed by atoms with Crippen molar-refractivity contribution in [3.05, 3.63) is 5.82 Å². The Labute approximate surface area is 141 Å². The number of nitrogen functional groups attached to an aromatic ring is 1. The first-order valence-corrected chi connectivity index (χ1v) is 8.63. The number of ether oxygens (including phenoxy) is 1. The molecule has 6 N–H and O–H groups in total. The molecule has 1 amide bonds. The maximum Gasteiger partial charge on any atom is 0.239 e. The summed E-state index contributed by atoms with van der Waals surface area (Å²) in [5, 5.41) is 9.39. The van der Waals surface area contributed by atoms with E-state index in [1.54, 1.807) is 0 Å². The van der Waals surface area contributed by atoms with Gasteiger partial charge in [-0.05, 0) is 25.7 Å². The van der Waals surface area contributed by atoms with Crippen molar-refractivity contribution in [1.29, 1.82) is 0 Å². The van der Waals surface area contributed by atoms with Crippen molar-refractivity contribution in [1.82, 2.24) is 25.4 Å². The number of hydrogen-bond donors (Lipinski definition) is 4. The van der Waals surface area contributed by atoms with Crippen LogP contribution in [0, 0.1) is 5.92 Å². The van der Waals surface area contributed by atoms with Crippen LogP contribution >= 0.6 is 0 Å². The lowest BCUT2D eigenvalue weighted by Crippen LogP contribution is -2.47. The standard InChI is InChI=1S/C15H27N7O2/c16-11-2-1-10(8-22(9-11)12-3-5-24-6-4-12)14(23)18-7-13-19-15(17)21-20-13/h10-12H,1-9,16H2,(H,18,23)(H3,17,19,20,21)/t10-,11+/m1/s1. The van der Waals surface area contributed by atoms with Gasteiger partial charge < -0.3 is 21.5 Å². The van der Waals surface area contributed by atoms with Crippen LogP contribution in [0.5, 0.6) is 0 Å². The molecule has 1 aromatic rings. The fourth-order valence-electron chi connectivity index (χ4n) is 3.52. The van der Waals surface area contributed by atoms with Crippen molar-refractivity contribution >= 4 is 11.9 Å². The molecule has 9 heteroatoms. The van der Waals surface area contributed by atoms with E-state index in [0.717, 1.165) is 52.0 Å². The van der Waals surface area contributed by atoms with Crippen molar-refractivity contribution in [2.75, 3.05) is 32.0 Å². The average Bonchev–Trinajstić information content (AvgIpc) is 2.90. The van der Waals surface area contributed by atoms with Crippen LogP contribution in [0.3, 0.4) is 0 Å². The number of carbonyl (C=O) groups is 1. The molecule has 24 heavy (non-hydrogen) atoms. The molecule has 3 rings (SSSR count). The van der Waals surface area contributed by atoms with Crippen LogP contribution < -0.4 is 16.8 Å². The van der Waals surface area contributed by atoms with E-state index in [0.29, 0.717) is 18.4 Å². The number of nitrogens with zero attached hydrogens (tertiary/aromatic N) is 3. The number of nitrogens with two attached hydrogens (primary N) is 2. The van der Waals surface area contributed by atoms with Gasteiger partial charge in [0.05, 0.1) is 12.5 Å².